The number of amides is 1. The highest BCUT2D eigenvalue weighted by Crippen LogP contribution is 2.15. The van der Waals surface area contributed by atoms with Crippen LogP contribution in [0.2, 0.25) is 0 Å². The predicted octanol–water partition coefficient (Wildman–Crippen LogP) is 2.53. The van der Waals surface area contributed by atoms with Gasteiger partial charge in [0.2, 0.25) is 0 Å². The molecule has 0 fully saturated rings. The summed E-state index contributed by atoms with van der Waals surface area (Å²) < 4.78 is 4.88. The molecule has 0 atom stereocenters. The van der Waals surface area contributed by atoms with Crippen LogP contribution in [0.5, 0.6) is 0 Å². The second-order valence-electron chi connectivity index (χ2n) is 2.76. The average molecular weight is 191 g/mol. The Kier molecular flexibility index (Phi) is 3.73. The number of carbonyl (C=O) groups is 1. The van der Waals surface area contributed by atoms with Gasteiger partial charge in [0.15, 0.2) is 0 Å². The monoisotopic (exact) mass is 191 g/mol. The molecule has 1 amide bonds. The maximum Gasteiger partial charge on any atom is 0.409 e. The molecule has 3 heteroatoms. The highest BCUT2D eigenvalue weighted by Gasteiger charge is 2.04. The zero-order valence-corrected chi connectivity index (χ0v) is 8.07. The third-order valence-corrected chi connectivity index (χ3v) is 1.66. The minimum atomic E-state index is -0.784. The van der Waals surface area contributed by atoms with Gasteiger partial charge in [-0.15, -0.1) is 0 Å². The van der Waals surface area contributed by atoms with Crippen LogP contribution < -0.4 is 5.73 Å². The molecular formula is C11H13NO2. The van der Waals surface area contributed by atoms with Crippen LogP contribution >= 0.6 is 0 Å². The molecule has 1 aromatic carbocycles. The van der Waals surface area contributed by atoms with E-state index in [1.54, 1.807) is 0 Å². The molecule has 14 heavy (non-hydrogen) atoms. The van der Waals surface area contributed by atoms with Crippen molar-refractivity contribution < 1.29 is 9.53 Å². The molecule has 1 rings (SSSR count). The lowest BCUT2D eigenvalue weighted by molar-refractivity contribution is 0.202. The molecule has 3 nitrogen and oxygen atoms in total. The Morgan fingerprint density at radius 2 is 2.07 bits per heavy atom. The lowest BCUT2D eigenvalue weighted by atomic mass is 10.2. The van der Waals surface area contributed by atoms with Gasteiger partial charge in [0.1, 0.15) is 5.76 Å². The largest absolute Gasteiger partial charge is 0.410 e. The van der Waals surface area contributed by atoms with E-state index in [1.807, 2.05) is 43.3 Å². The van der Waals surface area contributed by atoms with Crippen molar-refractivity contribution in [2.45, 2.75) is 13.3 Å². The number of primary amides is 1. The zero-order chi connectivity index (χ0) is 10.4. The standard InChI is InChI=1S/C11H13NO2/c1-2-6-10(14-11(12)13)9-7-4-3-5-8-9/h3-8H,2H2,1H3,(H2,12,13)/b10-6-. The summed E-state index contributed by atoms with van der Waals surface area (Å²) >= 11 is 0. The van der Waals surface area contributed by atoms with E-state index in [0.717, 1.165) is 12.0 Å². The van der Waals surface area contributed by atoms with E-state index in [0.29, 0.717) is 5.76 Å². The second kappa shape index (κ2) is 5.07. The molecule has 0 unspecified atom stereocenters. The number of rotatable bonds is 3. The van der Waals surface area contributed by atoms with E-state index in [9.17, 15) is 4.79 Å². The van der Waals surface area contributed by atoms with Crippen LogP contribution in [-0.4, -0.2) is 6.09 Å². The molecule has 0 aliphatic heterocycles. The molecule has 0 heterocycles. The maximum atomic E-state index is 10.6. The van der Waals surface area contributed by atoms with Crippen molar-refractivity contribution in [1.82, 2.24) is 0 Å². The maximum absolute atomic E-state index is 10.6. The van der Waals surface area contributed by atoms with Gasteiger partial charge in [0.25, 0.3) is 0 Å². The summed E-state index contributed by atoms with van der Waals surface area (Å²) in [4.78, 5) is 10.6. The molecule has 0 aromatic heterocycles. The van der Waals surface area contributed by atoms with Gasteiger partial charge in [-0.25, -0.2) is 4.79 Å². The summed E-state index contributed by atoms with van der Waals surface area (Å²) in [5, 5.41) is 0. The summed E-state index contributed by atoms with van der Waals surface area (Å²) in [7, 11) is 0. The number of hydrogen-bond acceptors (Lipinski definition) is 2. The lowest BCUT2D eigenvalue weighted by Gasteiger charge is -2.05. The smallest absolute Gasteiger partial charge is 0.409 e. The van der Waals surface area contributed by atoms with E-state index in [1.165, 1.54) is 0 Å². The molecule has 0 saturated heterocycles. The van der Waals surface area contributed by atoms with Crippen LogP contribution in [0.3, 0.4) is 0 Å². The molecule has 1 aromatic rings. The fraction of sp³-hybridized carbons (Fsp3) is 0.182. The molecule has 0 aliphatic rings. The topological polar surface area (TPSA) is 52.3 Å². The van der Waals surface area contributed by atoms with Crippen LogP contribution in [0.4, 0.5) is 4.79 Å². The first-order chi connectivity index (χ1) is 6.74. The highest BCUT2D eigenvalue weighted by molar-refractivity contribution is 5.75. The molecule has 0 saturated carbocycles. The normalized spacial score (nSPS) is 11.1. The summed E-state index contributed by atoms with van der Waals surface area (Å²) in [6.07, 6.45) is 1.82. The SMILES string of the molecule is CC/C=C(\OC(N)=O)c1ccccc1. The predicted molar refractivity (Wildman–Crippen MR) is 55.4 cm³/mol. The van der Waals surface area contributed by atoms with Gasteiger partial charge < -0.3 is 10.5 Å². The summed E-state index contributed by atoms with van der Waals surface area (Å²) in [5.41, 5.74) is 5.81. The minimum absolute atomic E-state index is 0.514. The Balaban J connectivity index is 2.89. The van der Waals surface area contributed by atoms with Gasteiger partial charge >= 0.3 is 6.09 Å². The van der Waals surface area contributed by atoms with Gasteiger partial charge in [-0.1, -0.05) is 37.3 Å². The Morgan fingerprint density at radius 3 is 2.57 bits per heavy atom. The summed E-state index contributed by atoms with van der Waals surface area (Å²) in [5.74, 6) is 0.514. The van der Waals surface area contributed by atoms with Crippen molar-refractivity contribution in [3.05, 3.63) is 42.0 Å². The number of hydrogen-bond donors (Lipinski definition) is 1. The first-order valence-electron chi connectivity index (χ1n) is 4.47. The lowest BCUT2D eigenvalue weighted by Crippen LogP contribution is -2.12. The third kappa shape index (κ3) is 2.94. The fourth-order valence-corrected chi connectivity index (χ4v) is 1.11. The van der Waals surface area contributed by atoms with Crippen molar-refractivity contribution in [2.75, 3.05) is 0 Å². The Hall–Kier alpha value is -1.77. The number of carbonyl (C=O) groups excluding carboxylic acids is 1. The van der Waals surface area contributed by atoms with Crippen molar-refractivity contribution >= 4 is 11.9 Å². The fourth-order valence-electron chi connectivity index (χ4n) is 1.11. The summed E-state index contributed by atoms with van der Waals surface area (Å²) in [6.45, 7) is 1.97. The first kappa shape index (κ1) is 10.3. The van der Waals surface area contributed by atoms with Gasteiger partial charge in [0.05, 0.1) is 0 Å². The van der Waals surface area contributed by atoms with Gasteiger partial charge in [-0.2, -0.15) is 0 Å². The van der Waals surface area contributed by atoms with E-state index >= 15 is 0 Å². The van der Waals surface area contributed by atoms with Crippen LogP contribution in [0.1, 0.15) is 18.9 Å². The Morgan fingerprint density at radius 1 is 1.43 bits per heavy atom. The van der Waals surface area contributed by atoms with Crippen molar-refractivity contribution in [3.63, 3.8) is 0 Å². The minimum Gasteiger partial charge on any atom is -0.410 e. The molecule has 0 radical (unpaired) electrons. The second-order valence-corrected chi connectivity index (χ2v) is 2.76. The van der Waals surface area contributed by atoms with Gasteiger partial charge in [-0.3, -0.25) is 0 Å². The first-order valence-corrected chi connectivity index (χ1v) is 4.47. The molecule has 0 spiro atoms. The van der Waals surface area contributed by atoms with E-state index in [-0.39, 0.29) is 0 Å². The van der Waals surface area contributed by atoms with Crippen molar-refractivity contribution in [2.24, 2.45) is 5.73 Å². The zero-order valence-electron chi connectivity index (χ0n) is 8.07. The molecule has 74 valence electrons. The van der Waals surface area contributed by atoms with Gasteiger partial charge in [-0.05, 0) is 12.5 Å². The molecule has 0 aliphatic carbocycles. The van der Waals surface area contributed by atoms with E-state index in [4.69, 9.17) is 10.5 Å². The number of nitrogens with two attached hydrogens (primary N) is 1. The number of benzene rings is 1. The van der Waals surface area contributed by atoms with Crippen LogP contribution in [0.25, 0.3) is 5.76 Å². The van der Waals surface area contributed by atoms with Crippen LogP contribution in [0, 0.1) is 0 Å². The molecular weight excluding hydrogens is 178 g/mol. The quantitative estimate of drug-likeness (QED) is 0.746. The molecule has 2 N–H and O–H groups in total. The Labute approximate surface area is 83.2 Å². The number of ether oxygens (including phenoxy) is 1. The summed E-state index contributed by atoms with van der Waals surface area (Å²) in [6, 6.07) is 9.39. The Bertz CT molecular complexity index is 330. The number of allylic oxidation sites excluding steroid dienone is 1. The average Bonchev–Trinajstić information content (AvgIpc) is 2.18. The van der Waals surface area contributed by atoms with Gasteiger partial charge in [0, 0.05) is 5.56 Å². The third-order valence-electron chi connectivity index (χ3n) is 1.66. The molecule has 0 bridgehead atoms. The highest BCUT2D eigenvalue weighted by atomic mass is 16.5. The van der Waals surface area contributed by atoms with Crippen LogP contribution in [0.15, 0.2) is 36.4 Å². The van der Waals surface area contributed by atoms with E-state index in [2.05, 4.69) is 0 Å². The van der Waals surface area contributed by atoms with E-state index < -0.39 is 6.09 Å². The van der Waals surface area contributed by atoms with Crippen molar-refractivity contribution in [1.29, 1.82) is 0 Å². The van der Waals surface area contributed by atoms with Crippen LogP contribution in [-0.2, 0) is 4.74 Å². The van der Waals surface area contributed by atoms with Crippen molar-refractivity contribution in [3.8, 4) is 0 Å².